The molecular weight excluding hydrogens is 388 g/mol. The number of thiazole rings is 1. The molecule has 4 amide bonds. The fourth-order valence-corrected chi connectivity index (χ4v) is 3.16. The number of nitrogens with zero attached hydrogens (tertiary/aromatic N) is 3. The molecule has 1 aliphatic heterocycles. The molecule has 1 fully saturated rings. The van der Waals surface area contributed by atoms with Gasteiger partial charge in [-0.15, -0.1) is 11.3 Å². The number of urea groups is 1. The van der Waals surface area contributed by atoms with E-state index in [1.54, 1.807) is 4.72 Å². The quantitative estimate of drug-likeness (QED) is 0.301. The number of anilines is 1. The molecule has 2 atom stereocenters. The van der Waals surface area contributed by atoms with Crippen LogP contribution in [0.3, 0.4) is 0 Å². The molecule has 4 N–H and O–H groups in total. The molecule has 0 unspecified atom stereocenters. The predicted octanol–water partition coefficient (Wildman–Crippen LogP) is -1.54. The van der Waals surface area contributed by atoms with E-state index < -0.39 is 40.0 Å². The van der Waals surface area contributed by atoms with Crippen molar-refractivity contribution in [1.82, 2.24) is 19.9 Å². The van der Waals surface area contributed by atoms with Crippen molar-refractivity contribution in [2.45, 2.75) is 19.0 Å². The molecule has 0 aliphatic carbocycles. The number of nitrogens with one attached hydrogen (secondary N) is 2. The monoisotopic (exact) mass is 404 g/mol. The number of imide groups is 1. The van der Waals surface area contributed by atoms with Crippen LogP contribution in [0.25, 0.3) is 0 Å². The average molecular weight is 404 g/mol. The number of likely N-dealkylation sites (tertiary alicyclic amines) is 1. The fourth-order valence-electron chi connectivity index (χ4n) is 2.20. The highest BCUT2D eigenvalue weighted by Crippen LogP contribution is 2.20. The highest BCUT2D eigenvalue weighted by molar-refractivity contribution is 7.89. The number of rotatable bonds is 5. The minimum absolute atomic E-state index is 0.165. The van der Waals surface area contributed by atoms with E-state index in [4.69, 9.17) is 5.73 Å². The molecule has 0 spiro atoms. The fraction of sp³-hybridized carbons (Fsp3) is 0.417. The smallest absolute Gasteiger partial charge is 0.338 e. The number of hydrogen-bond donors (Lipinski definition) is 3. The van der Waals surface area contributed by atoms with Gasteiger partial charge < -0.3 is 15.9 Å². The molecule has 14 heteroatoms. The van der Waals surface area contributed by atoms with E-state index in [2.05, 4.69) is 20.3 Å². The molecule has 0 bridgehead atoms. The molecule has 0 saturated carbocycles. The number of hydrogen-bond acceptors (Lipinski definition) is 10. The lowest BCUT2D eigenvalue weighted by atomic mass is 9.97. The molecule has 1 aliphatic rings. The van der Waals surface area contributed by atoms with Crippen LogP contribution in [0.5, 0.6) is 0 Å². The summed E-state index contributed by atoms with van der Waals surface area (Å²) in [5.41, 5.74) is 5.49. The molecule has 1 aromatic rings. The normalized spacial score (nSPS) is 20.3. The summed E-state index contributed by atoms with van der Waals surface area (Å²) in [5.74, 6) is -1.52. The van der Waals surface area contributed by atoms with Crippen LogP contribution >= 0.6 is 11.3 Å². The van der Waals surface area contributed by atoms with Crippen molar-refractivity contribution < 1.29 is 27.6 Å². The summed E-state index contributed by atoms with van der Waals surface area (Å²) in [4.78, 5) is 45.5. The Morgan fingerprint density at radius 1 is 1.46 bits per heavy atom. The topological polar surface area (TPSA) is 173 Å². The van der Waals surface area contributed by atoms with Crippen LogP contribution in [0.4, 0.5) is 9.93 Å². The molecule has 0 aromatic carbocycles. The maximum Gasteiger partial charge on any atom is 0.338 e. The second kappa shape index (κ2) is 7.25. The highest BCUT2D eigenvalue weighted by atomic mass is 32.2. The van der Waals surface area contributed by atoms with Gasteiger partial charge in [0, 0.05) is 5.38 Å². The first-order valence-corrected chi connectivity index (χ1v) is 9.80. The van der Waals surface area contributed by atoms with Crippen molar-refractivity contribution in [3.05, 3.63) is 11.1 Å². The summed E-state index contributed by atoms with van der Waals surface area (Å²) in [6.07, 6.45) is 0.784. The molecule has 1 saturated heterocycles. The van der Waals surface area contributed by atoms with Crippen LogP contribution in [-0.2, 0) is 24.4 Å². The van der Waals surface area contributed by atoms with E-state index in [-0.39, 0.29) is 16.5 Å². The Morgan fingerprint density at radius 3 is 2.58 bits per heavy atom. The van der Waals surface area contributed by atoms with Gasteiger partial charge >= 0.3 is 6.03 Å². The number of amides is 4. The van der Waals surface area contributed by atoms with Crippen molar-refractivity contribution in [2.75, 3.05) is 19.1 Å². The lowest BCUT2D eigenvalue weighted by Gasteiger charge is -2.43. The summed E-state index contributed by atoms with van der Waals surface area (Å²) in [5, 5.41) is 7.70. The van der Waals surface area contributed by atoms with Gasteiger partial charge in [-0.05, 0) is 6.92 Å². The number of nitrogen functional groups attached to an aromatic ring is 1. The third-order valence-corrected chi connectivity index (χ3v) is 4.55. The van der Waals surface area contributed by atoms with Crippen molar-refractivity contribution in [1.29, 1.82) is 0 Å². The number of carbonyl (C=O) groups excluding carboxylic acids is 3. The van der Waals surface area contributed by atoms with Gasteiger partial charge in [-0.2, -0.15) is 0 Å². The Morgan fingerprint density at radius 2 is 2.12 bits per heavy atom. The summed E-state index contributed by atoms with van der Waals surface area (Å²) in [7, 11) is -2.59. The van der Waals surface area contributed by atoms with Gasteiger partial charge in [-0.25, -0.2) is 22.9 Å². The second-order valence-electron chi connectivity index (χ2n) is 5.27. The minimum atomic E-state index is -3.82. The van der Waals surface area contributed by atoms with E-state index in [9.17, 15) is 22.8 Å². The third-order valence-electron chi connectivity index (χ3n) is 3.33. The zero-order valence-electron chi connectivity index (χ0n) is 13.9. The standard InChI is InChI=1S/C12H16N6O6S2/c1-5-7(10(20)18(5)12(21)17-26(3,22)23)15-9(19)8(16-24-2)6-4-25-11(13)14-6/h4-5,7H,1-3H3,(H2,13,14)(H,15,19)(H,17,21)/b16-8-/t5-,7-/m0/s1. The van der Waals surface area contributed by atoms with Gasteiger partial charge in [0.2, 0.25) is 10.0 Å². The first-order valence-electron chi connectivity index (χ1n) is 7.03. The number of sulfonamides is 1. The van der Waals surface area contributed by atoms with Crippen LogP contribution < -0.4 is 15.8 Å². The molecule has 1 aromatic heterocycles. The van der Waals surface area contributed by atoms with Crippen molar-refractivity contribution >= 4 is 50.0 Å². The molecular formula is C12H16N6O6S2. The van der Waals surface area contributed by atoms with Gasteiger partial charge in [0.05, 0.1) is 12.3 Å². The van der Waals surface area contributed by atoms with E-state index in [0.29, 0.717) is 4.90 Å². The van der Waals surface area contributed by atoms with Gasteiger partial charge in [0.1, 0.15) is 18.8 Å². The SMILES string of the molecule is CO/N=C(\C(=O)N[C@@H]1C(=O)N(C(=O)NS(C)(=O)=O)[C@H]1C)c1csc(N)n1. The van der Waals surface area contributed by atoms with Gasteiger partial charge in [-0.1, -0.05) is 5.16 Å². The van der Waals surface area contributed by atoms with Crippen LogP contribution in [-0.4, -0.2) is 67.3 Å². The molecule has 2 rings (SSSR count). The minimum Gasteiger partial charge on any atom is -0.398 e. The summed E-state index contributed by atoms with van der Waals surface area (Å²) in [6, 6.07) is -2.89. The van der Waals surface area contributed by atoms with E-state index in [0.717, 1.165) is 17.6 Å². The number of β-lactam (4-membered cyclic amide) rings is 1. The number of aromatic nitrogens is 1. The first kappa shape index (κ1) is 19.6. The number of oxime groups is 1. The van der Waals surface area contributed by atoms with Crippen LogP contribution in [0.2, 0.25) is 0 Å². The molecule has 26 heavy (non-hydrogen) atoms. The maximum atomic E-state index is 12.4. The Hall–Kier alpha value is -2.74. The Kier molecular flexibility index (Phi) is 5.46. The van der Waals surface area contributed by atoms with Crippen LogP contribution in [0.15, 0.2) is 10.5 Å². The van der Waals surface area contributed by atoms with Crippen molar-refractivity contribution in [3.63, 3.8) is 0 Å². The van der Waals surface area contributed by atoms with Crippen molar-refractivity contribution in [3.8, 4) is 0 Å². The largest absolute Gasteiger partial charge is 0.398 e. The molecule has 12 nitrogen and oxygen atoms in total. The van der Waals surface area contributed by atoms with Gasteiger partial charge in [-0.3, -0.25) is 14.5 Å². The van der Waals surface area contributed by atoms with E-state index in [1.807, 2.05) is 0 Å². The molecule has 2 heterocycles. The average Bonchev–Trinajstić information content (AvgIpc) is 2.94. The zero-order chi connectivity index (χ0) is 19.6. The number of nitrogens with two attached hydrogens (primary N) is 1. The van der Waals surface area contributed by atoms with Crippen molar-refractivity contribution in [2.24, 2.45) is 5.16 Å². The lowest BCUT2D eigenvalue weighted by molar-refractivity contribution is -0.146. The van der Waals surface area contributed by atoms with Crippen LogP contribution in [0.1, 0.15) is 12.6 Å². The Bertz CT molecular complexity index is 879. The van der Waals surface area contributed by atoms with E-state index in [1.165, 1.54) is 19.4 Å². The molecule has 0 radical (unpaired) electrons. The lowest BCUT2D eigenvalue weighted by Crippen LogP contribution is -2.73. The summed E-state index contributed by atoms with van der Waals surface area (Å²) in [6.45, 7) is 1.47. The summed E-state index contributed by atoms with van der Waals surface area (Å²) < 4.78 is 23.9. The Labute approximate surface area is 152 Å². The third kappa shape index (κ3) is 4.08. The number of carbonyl (C=O) groups is 3. The first-order chi connectivity index (χ1) is 12.0. The summed E-state index contributed by atoms with van der Waals surface area (Å²) >= 11 is 1.09. The maximum absolute atomic E-state index is 12.4. The van der Waals surface area contributed by atoms with E-state index >= 15 is 0 Å². The van der Waals surface area contributed by atoms with Crippen LogP contribution in [0, 0.1) is 0 Å². The molecule has 142 valence electrons. The Balaban J connectivity index is 2.09. The second-order valence-corrected chi connectivity index (χ2v) is 7.91. The zero-order valence-corrected chi connectivity index (χ0v) is 15.6. The van der Waals surface area contributed by atoms with Gasteiger partial charge in [0.25, 0.3) is 11.8 Å². The highest BCUT2D eigenvalue weighted by Gasteiger charge is 2.49. The predicted molar refractivity (Wildman–Crippen MR) is 91.7 cm³/mol. The van der Waals surface area contributed by atoms with Gasteiger partial charge in [0.15, 0.2) is 10.8 Å².